The normalized spacial score (nSPS) is 16.1. The minimum Gasteiger partial charge on any atom is -0.481 e. The van der Waals surface area contributed by atoms with E-state index in [-0.39, 0.29) is 6.42 Å². The third kappa shape index (κ3) is 4.35. The quantitative estimate of drug-likeness (QED) is 0.856. The van der Waals surface area contributed by atoms with Gasteiger partial charge in [0.15, 0.2) is 0 Å². The van der Waals surface area contributed by atoms with Crippen LogP contribution in [0.5, 0.6) is 0 Å². The molecule has 0 aromatic heterocycles. The molecule has 0 atom stereocenters. The van der Waals surface area contributed by atoms with Crippen molar-refractivity contribution in [1.82, 2.24) is 4.90 Å². The molecule has 0 bridgehead atoms. The van der Waals surface area contributed by atoms with E-state index in [1.54, 1.807) is 0 Å². The third-order valence-electron chi connectivity index (χ3n) is 3.94. The van der Waals surface area contributed by atoms with Crippen LogP contribution in [0.3, 0.4) is 0 Å². The molecule has 1 saturated carbocycles. The Morgan fingerprint density at radius 2 is 1.89 bits per heavy atom. The second-order valence-corrected chi connectivity index (χ2v) is 5.69. The summed E-state index contributed by atoms with van der Waals surface area (Å²) >= 11 is 0. The van der Waals surface area contributed by atoms with E-state index in [4.69, 9.17) is 5.11 Å². The Balaban J connectivity index is 1.95. The molecule has 1 aliphatic rings. The predicted molar refractivity (Wildman–Crippen MR) is 76.1 cm³/mol. The highest BCUT2D eigenvalue weighted by atomic mass is 16.4. The molecule has 1 aromatic carbocycles. The average molecular weight is 261 g/mol. The number of hydrogen-bond acceptors (Lipinski definition) is 2. The van der Waals surface area contributed by atoms with Gasteiger partial charge in [0, 0.05) is 13.1 Å². The Bertz CT molecular complexity index is 425. The van der Waals surface area contributed by atoms with Gasteiger partial charge in [-0.25, -0.2) is 0 Å². The molecule has 1 fully saturated rings. The molecule has 0 saturated heterocycles. The number of benzene rings is 1. The Morgan fingerprint density at radius 1 is 1.26 bits per heavy atom. The van der Waals surface area contributed by atoms with Crippen LogP contribution >= 0.6 is 0 Å². The van der Waals surface area contributed by atoms with Gasteiger partial charge in [0.1, 0.15) is 0 Å². The molecular formula is C16H23NO2. The monoisotopic (exact) mass is 261 g/mol. The molecule has 1 N–H and O–H groups in total. The van der Waals surface area contributed by atoms with Gasteiger partial charge in [-0.15, -0.1) is 0 Å². The van der Waals surface area contributed by atoms with E-state index < -0.39 is 5.97 Å². The first-order valence-corrected chi connectivity index (χ1v) is 7.12. The highest BCUT2D eigenvalue weighted by Crippen LogP contribution is 2.25. The maximum Gasteiger partial charge on any atom is 0.307 e. The van der Waals surface area contributed by atoms with Crippen molar-refractivity contribution in [2.75, 3.05) is 13.6 Å². The van der Waals surface area contributed by atoms with Crippen LogP contribution in [0.4, 0.5) is 0 Å². The van der Waals surface area contributed by atoms with Crippen molar-refractivity contribution in [3.05, 3.63) is 35.4 Å². The van der Waals surface area contributed by atoms with E-state index in [0.29, 0.717) is 0 Å². The number of carbonyl (C=O) groups is 1. The van der Waals surface area contributed by atoms with Crippen molar-refractivity contribution in [3.63, 3.8) is 0 Å². The molecule has 0 heterocycles. The van der Waals surface area contributed by atoms with E-state index in [1.807, 2.05) is 24.3 Å². The van der Waals surface area contributed by atoms with E-state index >= 15 is 0 Å². The number of hydrogen-bond donors (Lipinski definition) is 1. The van der Waals surface area contributed by atoms with E-state index in [9.17, 15) is 4.79 Å². The summed E-state index contributed by atoms with van der Waals surface area (Å²) in [4.78, 5) is 13.2. The van der Waals surface area contributed by atoms with Crippen LogP contribution < -0.4 is 0 Å². The van der Waals surface area contributed by atoms with Gasteiger partial charge in [-0.2, -0.15) is 0 Å². The van der Waals surface area contributed by atoms with Crippen molar-refractivity contribution >= 4 is 5.97 Å². The molecule has 0 aliphatic heterocycles. The van der Waals surface area contributed by atoms with Gasteiger partial charge >= 0.3 is 5.97 Å². The zero-order valence-corrected chi connectivity index (χ0v) is 11.6. The second kappa shape index (κ2) is 6.71. The third-order valence-corrected chi connectivity index (χ3v) is 3.94. The second-order valence-electron chi connectivity index (χ2n) is 5.69. The Hall–Kier alpha value is -1.35. The number of carboxylic acids is 1. The van der Waals surface area contributed by atoms with Crippen LogP contribution in [0.15, 0.2) is 24.3 Å². The van der Waals surface area contributed by atoms with E-state index in [2.05, 4.69) is 11.9 Å². The Labute approximate surface area is 115 Å². The lowest BCUT2D eigenvalue weighted by molar-refractivity contribution is -0.136. The molecule has 0 spiro atoms. The summed E-state index contributed by atoms with van der Waals surface area (Å²) in [5, 5.41) is 8.94. The smallest absolute Gasteiger partial charge is 0.307 e. The maximum atomic E-state index is 10.9. The lowest BCUT2D eigenvalue weighted by atomic mass is 10.0. The zero-order valence-electron chi connectivity index (χ0n) is 11.6. The first-order chi connectivity index (χ1) is 9.15. The first-order valence-electron chi connectivity index (χ1n) is 7.12. The number of rotatable bonds is 6. The fourth-order valence-corrected chi connectivity index (χ4v) is 3.04. The van der Waals surface area contributed by atoms with Crippen molar-refractivity contribution in [2.45, 2.75) is 38.6 Å². The van der Waals surface area contributed by atoms with Crippen molar-refractivity contribution in [3.8, 4) is 0 Å². The number of aliphatic carboxylic acids is 1. The van der Waals surface area contributed by atoms with Crippen molar-refractivity contribution in [1.29, 1.82) is 0 Å². The first kappa shape index (κ1) is 14.1. The SMILES string of the molecule is CN(Cc1ccccc1CC(=O)O)CC1CCCC1. The molecule has 0 amide bonds. The summed E-state index contributed by atoms with van der Waals surface area (Å²) in [6.45, 7) is 1.97. The van der Waals surface area contributed by atoms with Gasteiger partial charge in [0.05, 0.1) is 6.42 Å². The van der Waals surface area contributed by atoms with Crippen LogP contribution in [0, 0.1) is 5.92 Å². The topological polar surface area (TPSA) is 40.5 Å². The molecule has 1 aromatic rings. The van der Waals surface area contributed by atoms with Crippen LogP contribution in [0.25, 0.3) is 0 Å². The summed E-state index contributed by atoms with van der Waals surface area (Å²) in [5.41, 5.74) is 2.08. The Kier molecular flexibility index (Phi) is 4.97. The molecule has 2 rings (SSSR count). The van der Waals surface area contributed by atoms with Gasteiger partial charge in [-0.05, 0) is 36.9 Å². The molecule has 0 unspecified atom stereocenters. The highest BCUT2D eigenvalue weighted by molar-refractivity contribution is 5.70. The van der Waals surface area contributed by atoms with E-state index in [1.165, 1.54) is 25.7 Å². The lowest BCUT2D eigenvalue weighted by Crippen LogP contribution is -2.24. The van der Waals surface area contributed by atoms with Gasteiger partial charge in [0.25, 0.3) is 0 Å². The van der Waals surface area contributed by atoms with Crippen LogP contribution in [-0.2, 0) is 17.8 Å². The highest BCUT2D eigenvalue weighted by Gasteiger charge is 2.17. The molecule has 3 heteroatoms. The fraction of sp³-hybridized carbons (Fsp3) is 0.562. The molecular weight excluding hydrogens is 238 g/mol. The van der Waals surface area contributed by atoms with Crippen LogP contribution in [-0.4, -0.2) is 29.6 Å². The molecule has 3 nitrogen and oxygen atoms in total. The summed E-state index contributed by atoms with van der Waals surface area (Å²) < 4.78 is 0. The summed E-state index contributed by atoms with van der Waals surface area (Å²) in [6, 6.07) is 7.87. The summed E-state index contributed by atoms with van der Waals surface area (Å²) in [7, 11) is 2.13. The van der Waals surface area contributed by atoms with Gasteiger partial charge in [0.2, 0.25) is 0 Å². The minimum atomic E-state index is -0.758. The zero-order chi connectivity index (χ0) is 13.7. The lowest BCUT2D eigenvalue weighted by Gasteiger charge is -2.22. The molecule has 1 aliphatic carbocycles. The number of nitrogens with zero attached hydrogens (tertiary/aromatic N) is 1. The van der Waals surface area contributed by atoms with Gasteiger partial charge in [-0.1, -0.05) is 37.1 Å². The molecule has 0 radical (unpaired) electrons. The van der Waals surface area contributed by atoms with Crippen LogP contribution in [0.1, 0.15) is 36.8 Å². The summed E-state index contributed by atoms with van der Waals surface area (Å²) in [5.74, 6) is 0.0718. The molecule has 19 heavy (non-hydrogen) atoms. The van der Waals surface area contributed by atoms with E-state index in [0.717, 1.165) is 30.1 Å². The molecule has 104 valence electrons. The van der Waals surface area contributed by atoms with Crippen molar-refractivity contribution < 1.29 is 9.90 Å². The fourth-order valence-electron chi connectivity index (χ4n) is 3.04. The Morgan fingerprint density at radius 3 is 2.53 bits per heavy atom. The maximum absolute atomic E-state index is 10.9. The standard InChI is InChI=1S/C16H23NO2/c1-17(11-13-6-2-3-7-13)12-15-9-5-4-8-14(15)10-16(18)19/h4-5,8-9,13H,2-3,6-7,10-12H2,1H3,(H,18,19). The number of carboxylic acid groups (broad SMARTS) is 1. The average Bonchev–Trinajstić information content (AvgIpc) is 2.83. The predicted octanol–water partition coefficient (Wildman–Crippen LogP) is 2.94. The van der Waals surface area contributed by atoms with Crippen molar-refractivity contribution in [2.24, 2.45) is 5.92 Å². The van der Waals surface area contributed by atoms with Gasteiger partial charge in [-0.3, -0.25) is 4.79 Å². The van der Waals surface area contributed by atoms with Crippen LogP contribution in [0.2, 0.25) is 0 Å². The summed E-state index contributed by atoms with van der Waals surface area (Å²) in [6.07, 6.45) is 5.55. The minimum absolute atomic E-state index is 0.118. The largest absolute Gasteiger partial charge is 0.481 e. The van der Waals surface area contributed by atoms with Gasteiger partial charge < -0.3 is 10.0 Å².